The van der Waals surface area contributed by atoms with E-state index in [2.05, 4.69) is 20.8 Å². The molecule has 25 heavy (non-hydrogen) atoms. The van der Waals surface area contributed by atoms with Gasteiger partial charge in [0, 0.05) is 18.5 Å². The lowest BCUT2D eigenvalue weighted by Crippen LogP contribution is -2.34. The number of hydrogen-bond donors (Lipinski definition) is 4. The third kappa shape index (κ3) is 3.71. The third-order valence-electron chi connectivity index (χ3n) is 3.85. The van der Waals surface area contributed by atoms with Crippen LogP contribution < -0.4 is 22.0 Å². The van der Waals surface area contributed by atoms with Gasteiger partial charge in [0.05, 0.1) is 11.9 Å². The standard InChI is InChI=1S/C16H15N5O4/c22-12-6-10(19-16(25)20-12)7-18-21-15(24)13-11(8-17-14(13)23)9-4-2-1-3-5-9/h1-7,11,13H,8H2,(H,17,23)(H,21,24)(H2,19,20,22,25)/b18-7+. The maximum atomic E-state index is 12.3. The van der Waals surface area contributed by atoms with Crippen LogP contribution in [-0.2, 0) is 9.59 Å². The summed E-state index contributed by atoms with van der Waals surface area (Å²) in [7, 11) is 0. The molecule has 2 aromatic rings. The van der Waals surface area contributed by atoms with E-state index < -0.39 is 23.1 Å². The highest BCUT2D eigenvalue weighted by Crippen LogP contribution is 2.28. The van der Waals surface area contributed by atoms with Crippen molar-refractivity contribution in [2.45, 2.75) is 5.92 Å². The first-order valence-electron chi connectivity index (χ1n) is 7.54. The molecule has 2 atom stereocenters. The molecule has 1 aliphatic rings. The van der Waals surface area contributed by atoms with E-state index in [0.29, 0.717) is 6.54 Å². The van der Waals surface area contributed by atoms with Gasteiger partial charge in [-0.25, -0.2) is 10.2 Å². The Morgan fingerprint density at radius 3 is 2.64 bits per heavy atom. The number of hydrazone groups is 1. The zero-order valence-electron chi connectivity index (χ0n) is 13.0. The van der Waals surface area contributed by atoms with Crippen molar-refractivity contribution >= 4 is 18.0 Å². The summed E-state index contributed by atoms with van der Waals surface area (Å²) >= 11 is 0. The number of nitrogens with one attached hydrogen (secondary N) is 4. The van der Waals surface area contributed by atoms with Gasteiger partial charge in [-0.05, 0) is 5.56 Å². The van der Waals surface area contributed by atoms with Crippen LogP contribution in [0.5, 0.6) is 0 Å². The Morgan fingerprint density at radius 1 is 1.16 bits per heavy atom. The molecule has 0 saturated carbocycles. The van der Waals surface area contributed by atoms with Gasteiger partial charge in [0.1, 0.15) is 5.92 Å². The second kappa shape index (κ2) is 6.95. The van der Waals surface area contributed by atoms with Crippen LogP contribution in [-0.4, -0.2) is 34.5 Å². The summed E-state index contributed by atoms with van der Waals surface area (Å²) in [6, 6.07) is 10.4. The summed E-state index contributed by atoms with van der Waals surface area (Å²) in [6.07, 6.45) is 1.12. The van der Waals surface area contributed by atoms with Crippen molar-refractivity contribution in [1.29, 1.82) is 0 Å². The smallest absolute Gasteiger partial charge is 0.326 e. The van der Waals surface area contributed by atoms with Crippen molar-refractivity contribution in [2.75, 3.05) is 6.54 Å². The molecule has 9 heteroatoms. The summed E-state index contributed by atoms with van der Waals surface area (Å²) in [4.78, 5) is 51.0. The molecule has 2 heterocycles. The number of H-pyrrole nitrogens is 2. The number of carbonyl (C=O) groups is 2. The molecule has 0 bridgehead atoms. The largest absolute Gasteiger partial charge is 0.355 e. The molecule has 0 aliphatic carbocycles. The maximum Gasteiger partial charge on any atom is 0.326 e. The van der Waals surface area contributed by atoms with E-state index >= 15 is 0 Å². The molecule has 1 aliphatic heterocycles. The highest BCUT2D eigenvalue weighted by atomic mass is 16.2. The topological polar surface area (TPSA) is 136 Å². The second-order valence-corrected chi connectivity index (χ2v) is 5.52. The molecule has 1 aromatic carbocycles. The minimum absolute atomic E-state index is 0.129. The van der Waals surface area contributed by atoms with Gasteiger partial charge in [0.25, 0.3) is 11.5 Å². The molecule has 1 aromatic heterocycles. The van der Waals surface area contributed by atoms with Gasteiger partial charge in [0.2, 0.25) is 5.91 Å². The van der Waals surface area contributed by atoms with E-state index in [1.165, 1.54) is 0 Å². The molecule has 0 radical (unpaired) electrons. The molecule has 4 N–H and O–H groups in total. The van der Waals surface area contributed by atoms with E-state index in [4.69, 9.17) is 0 Å². The first kappa shape index (κ1) is 16.4. The average Bonchev–Trinajstić information content (AvgIpc) is 2.96. The minimum Gasteiger partial charge on any atom is -0.355 e. The summed E-state index contributed by atoms with van der Waals surface area (Å²) in [6.45, 7) is 0.367. The Bertz CT molecular complexity index is 903. The summed E-state index contributed by atoms with van der Waals surface area (Å²) in [5, 5.41) is 6.38. The second-order valence-electron chi connectivity index (χ2n) is 5.52. The van der Waals surface area contributed by atoms with Gasteiger partial charge in [-0.1, -0.05) is 30.3 Å². The van der Waals surface area contributed by atoms with Crippen molar-refractivity contribution in [3.63, 3.8) is 0 Å². The van der Waals surface area contributed by atoms with Crippen molar-refractivity contribution < 1.29 is 9.59 Å². The van der Waals surface area contributed by atoms with Crippen LogP contribution in [0.15, 0.2) is 51.1 Å². The highest BCUT2D eigenvalue weighted by molar-refractivity contribution is 6.03. The summed E-state index contributed by atoms with van der Waals surface area (Å²) < 4.78 is 0. The van der Waals surface area contributed by atoms with E-state index in [0.717, 1.165) is 17.8 Å². The SMILES string of the molecule is O=C1NCC(c2ccccc2)C1C(=O)N/N=C/c1cc(=O)[nH]c(=O)[nH]1. The Hall–Kier alpha value is -3.49. The number of benzene rings is 1. The fraction of sp³-hybridized carbons (Fsp3) is 0.188. The number of carbonyl (C=O) groups excluding carboxylic acids is 2. The third-order valence-corrected chi connectivity index (χ3v) is 3.85. The van der Waals surface area contributed by atoms with E-state index in [9.17, 15) is 19.2 Å². The van der Waals surface area contributed by atoms with E-state index in [1.54, 1.807) is 0 Å². The van der Waals surface area contributed by atoms with Gasteiger partial charge < -0.3 is 10.3 Å². The van der Waals surface area contributed by atoms with Crippen LogP contribution in [0.1, 0.15) is 17.2 Å². The number of hydrogen-bond acceptors (Lipinski definition) is 5. The normalized spacial score (nSPS) is 19.8. The van der Waals surface area contributed by atoms with Crippen LogP contribution in [0.25, 0.3) is 0 Å². The number of aromatic amines is 2. The van der Waals surface area contributed by atoms with Crippen LogP contribution >= 0.6 is 0 Å². The molecule has 3 rings (SSSR count). The van der Waals surface area contributed by atoms with E-state index in [1.807, 2.05) is 35.3 Å². The Morgan fingerprint density at radius 2 is 1.92 bits per heavy atom. The maximum absolute atomic E-state index is 12.3. The van der Waals surface area contributed by atoms with Crippen LogP contribution in [0.4, 0.5) is 0 Å². The number of amides is 2. The van der Waals surface area contributed by atoms with Gasteiger partial charge in [-0.3, -0.25) is 19.4 Å². The lowest BCUT2D eigenvalue weighted by Gasteiger charge is -2.15. The highest BCUT2D eigenvalue weighted by Gasteiger charge is 2.40. The van der Waals surface area contributed by atoms with Crippen molar-refractivity contribution in [1.82, 2.24) is 20.7 Å². The Balaban J connectivity index is 1.73. The first-order valence-corrected chi connectivity index (χ1v) is 7.54. The van der Waals surface area contributed by atoms with Gasteiger partial charge >= 0.3 is 5.69 Å². The monoisotopic (exact) mass is 341 g/mol. The predicted molar refractivity (Wildman–Crippen MR) is 89.1 cm³/mol. The molecule has 2 unspecified atom stereocenters. The van der Waals surface area contributed by atoms with E-state index in [-0.39, 0.29) is 17.5 Å². The minimum atomic E-state index is -0.905. The lowest BCUT2D eigenvalue weighted by molar-refractivity contribution is -0.133. The molecular formula is C16H15N5O4. The van der Waals surface area contributed by atoms with Crippen LogP contribution in [0.2, 0.25) is 0 Å². The number of rotatable bonds is 4. The van der Waals surface area contributed by atoms with Crippen LogP contribution in [0.3, 0.4) is 0 Å². The Labute approximate surface area is 141 Å². The van der Waals surface area contributed by atoms with Crippen molar-refractivity contribution in [2.24, 2.45) is 11.0 Å². The van der Waals surface area contributed by atoms with Crippen LogP contribution in [0, 0.1) is 5.92 Å². The molecular weight excluding hydrogens is 326 g/mol. The number of aromatic nitrogens is 2. The van der Waals surface area contributed by atoms with Gasteiger partial charge in [-0.15, -0.1) is 0 Å². The number of nitrogens with zero attached hydrogens (tertiary/aromatic N) is 1. The Kier molecular flexibility index (Phi) is 4.55. The summed E-state index contributed by atoms with van der Waals surface area (Å²) in [5.74, 6) is -2.13. The molecule has 9 nitrogen and oxygen atoms in total. The molecule has 128 valence electrons. The van der Waals surface area contributed by atoms with Crippen molar-refractivity contribution in [3.8, 4) is 0 Å². The summed E-state index contributed by atoms with van der Waals surface area (Å²) in [5.41, 5.74) is 2.02. The molecule has 2 amide bonds. The molecule has 0 spiro atoms. The fourth-order valence-electron chi connectivity index (χ4n) is 2.73. The van der Waals surface area contributed by atoms with Gasteiger partial charge in [-0.2, -0.15) is 5.10 Å². The fourth-order valence-corrected chi connectivity index (χ4v) is 2.73. The van der Waals surface area contributed by atoms with Gasteiger partial charge in [0.15, 0.2) is 0 Å². The first-order chi connectivity index (χ1) is 12.0. The zero-order chi connectivity index (χ0) is 17.8. The predicted octanol–water partition coefficient (Wildman–Crippen LogP) is -0.957. The lowest BCUT2D eigenvalue weighted by atomic mass is 9.88. The zero-order valence-corrected chi connectivity index (χ0v) is 13.0. The average molecular weight is 341 g/mol. The molecule has 1 saturated heterocycles. The quantitative estimate of drug-likeness (QED) is 0.323. The molecule has 1 fully saturated rings. The van der Waals surface area contributed by atoms with Crippen molar-refractivity contribution in [3.05, 3.63) is 68.5 Å².